The van der Waals surface area contributed by atoms with Crippen molar-refractivity contribution >= 4 is 17.8 Å². The number of likely N-dealkylation sites (tertiary alicyclic amines) is 2. The van der Waals surface area contributed by atoms with E-state index in [9.17, 15) is 27.6 Å². The average Bonchev–Trinajstić information content (AvgIpc) is 3.27. The Hall–Kier alpha value is -3.80. The van der Waals surface area contributed by atoms with Crippen LogP contribution in [0.15, 0.2) is 42.5 Å². The molecule has 3 heterocycles. The van der Waals surface area contributed by atoms with Gasteiger partial charge >= 0.3 is 12.1 Å². The number of alkyl halides is 3. The standard InChI is InChI=1S/C30H34F3N3O6/c1-28(2)41-22-9-5-6-19(23(22)42-28)18-35-14-10-29(11-15-35)12-16-36(17-13-29)26(38)21-8-4-3-7-20(21)24(25(34)37)40-27(39)30(31,32)33/h3-9,24H,10-18H2,1-2H3,(H2,34,37). The zero-order valence-electron chi connectivity index (χ0n) is 23.5. The van der Waals surface area contributed by atoms with Gasteiger partial charge in [-0.05, 0) is 56.3 Å². The highest BCUT2D eigenvalue weighted by atomic mass is 19.4. The number of hydrogen-bond donors (Lipinski definition) is 1. The zero-order chi connectivity index (χ0) is 30.3. The van der Waals surface area contributed by atoms with Gasteiger partial charge in [0.05, 0.1) is 0 Å². The van der Waals surface area contributed by atoms with Gasteiger partial charge in [0.25, 0.3) is 11.8 Å². The molecule has 0 saturated carbocycles. The molecule has 0 aliphatic carbocycles. The van der Waals surface area contributed by atoms with Crippen molar-refractivity contribution in [2.24, 2.45) is 11.1 Å². The Morgan fingerprint density at radius 2 is 1.60 bits per heavy atom. The summed E-state index contributed by atoms with van der Waals surface area (Å²) in [7, 11) is 0. The molecule has 2 amide bonds. The first-order chi connectivity index (χ1) is 19.8. The van der Waals surface area contributed by atoms with Gasteiger partial charge < -0.3 is 24.8 Å². The molecule has 42 heavy (non-hydrogen) atoms. The minimum Gasteiger partial charge on any atom is -0.449 e. The predicted molar refractivity (Wildman–Crippen MR) is 144 cm³/mol. The molecule has 0 radical (unpaired) electrons. The molecular formula is C30H34F3N3O6. The third-order valence-electron chi connectivity index (χ3n) is 8.37. The van der Waals surface area contributed by atoms with Crippen LogP contribution >= 0.6 is 0 Å². The SMILES string of the molecule is CC1(C)Oc2cccc(CN3CCC4(CC3)CCN(C(=O)c3ccccc3C(OC(=O)C(F)(F)F)C(N)=O)CC4)c2O1. The number of rotatable bonds is 6. The number of amides is 2. The highest BCUT2D eigenvalue weighted by Gasteiger charge is 2.44. The Kier molecular flexibility index (Phi) is 7.86. The lowest BCUT2D eigenvalue weighted by Crippen LogP contribution is -2.48. The van der Waals surface area contributed by atoms with Crippen LogP contribution in [0.25, 0.3) is 0 Å². The van der Waals surface area contributed by atoms with Crippen LogP contribution in [-0.2, 0) is 20.9 Å². The van der Waals surface area contributed by atoms with Gasteiger partial charge in [0.1, 0.15) is 0 Å². The van der Waals surface area contributed by atoms with Crippen molar-refractivity contribution in [1.29, 1.82) is 0 Å². The second-order valence-electron chi connectivity index (χ2n) is 11.7. The number of ether oxygens (including phenoxy) is 3. The maximum Gasteiger partial charge on any atom is 0.490 e. The first-order valence-electron chi connectivity index (χ1n) is 13.9. The van der Waals surface area contributed by atoms with Crippen LogP contribution in [0.2, 0.25) is 0 Å². The van der Waals surface area contributed by atoms with E-state index in [2.05, 4.69) is 15.7 Å². The molecule has 3 aliphatic rings. The van der Waals surface area contributed by atoms with Gasteiger partial charge in [-0.1, -0.05) is 30.3 Å². The Bertz CT molecular complexity index is 1360. The van der Waals surface area contributed by atoms with Crippen LogP contribution in [0, 0.1) is 5.41 Å². The number of carbonyl (C=O) groups excluding carboxylic acids is 3. The van der Waals surface area contributed by atoms with E-state index in [0.717, 1.165) is 62.4 Å². The van der Waals surface area contributed by atoms with E-state index >= 15 is 0 Å². The number of fused-ring (bicyclic) bond motifs is 1. The molecule has 1 unspecified atom stereocenters. The number of halogens is 3. The van der Waals surface area contributed by atoms with E-state index in [1.54, 1.807) is 4.90 Å². The normalized spacial score (nSPS) is 20.3. The van der Waals surface area contributed by atoms with Gasteiger partial charge in [0.2, 0.25) is 11.9 Å². The molecule has 2 N–H and O–H groups in total. The lowest BCUT2D eigenvalue weighted by atomic mass is 9.71. The number of nitrogens with zero attached hydrogens (tertiary/aromatic N) is 2. The lowest BCUT2D eigenvalue weighted by molar-refractivity contribution is -0.205. The predicted octanol–water partition coefficient (Wildman–Crippen LogP) is 4.34. The fraction of sp³-hybridized carbons (Fsp3) is 0.500. The summed E-state index contributed by atoms with van der Waals surface area (Å²) in [5, 5.41) is 0. The first kappa shape index (κ1) is 29.7. The molecule has 0 aromatic heterocycles. The van der Waals surface area contributed by atoms with Gasteiger partial charge in [-0.2, -0.15) is 13.2 Å². The summed E-state index contributed by atoms with van der Waals surface area (Å²) in [5.41, 5.74) is 6.25. The van der Waals surface area contributed by atoms with Gasteiger partial charge in [0, 0.05) is 50.2 Å². The highest BCUT2D eigenvalue weighted by Crippen LogP contribution is 2.45. The molecule has 2 fully saturated rings. The lowest BCUT2D eigenvalue weighted by Gasteiger charge is -2.47. The van der Waals surface area contributed by atoms with E-state index < -0.39 is 35.9 Å². The monoisotopic (exact) mass is 589 g/mol. The second kappa shape index (κ2) is 11.1. The van der Waals surface area contributed by atoms with Crippen molar-refractivity contribution < 1.29 is 41.8 Å². The zero-order valence-corrected chi connectivity index (χ0v) is 23.5. The van der Waals surface area contributed by atoms with E-state index in [4.69, 9.17) is 15.2 Å². The van der Waals surface area contributed by atoms with E-state index in [1.165, 1.54) is 24.3 Å². The molecule has 2 aromatic carbocycles. The molecule has 1 atom stereocenters. The Labute approximate surface area is 241 Å². The summed E-state index contributed by atoms with van der Waals surface area (Å²) in [5.74, 6) is -3.45. The van der Waals surface area contributed by atoms with Crippen LogP contribution < -0.4 is 15.2 Å². The molecular weight excluding hydrogens is 555 g/mol. The molecule has 9 nitrogen and oxygen atoms in total. The van der Waals surface area contributed by atoms with Crippen LogP contribution in [0.3, 0.4) is 0 Å². The van der Waals surface area contributed by atoms with E-state index in [-0.39, 0.29) is 16.5 Å². The molecule has 2 saturated heterocycles. The van der Waals surface area contributed by atoms with Crippen LogP contribution in [0.5, 0.6) is 11.5 Å². The number of hydrogen-bond acceptors (Lipinski definition) is 7. The van der Waals surface area contributed by atoms with Gasteiger partial charge in [-0.25, -0.2) is 4.79 Å². The third-order valence-corrected chi connectivity index (χ3v) is 8.37. The second-order valence-corrected chi connectivity index (χ2v) is 11.7. The van der Waals surface area contributed by atoms with Gasteiger partial charge in [-0.3, -0.25) is 14.5 Å². The minimum absolute atomic E-state index is 0.0215. The fourth-order valence-corrected chi connectivity index (χ4v) is 6.06. The molecule has 226 valence electrons. The van der Waals surface area contributed by atoms with Crippen molar-refractivity contribution in [2.45, 2.75) is 64.1 Å². The summed E-state index contributed by atoms with van der Waals surface area (Å²) < 4.78 is 54.7. The van der Waals surface area contributed by atoms with Gasteiger partial charge in [0.15, 0.2) is 11.5 Å². The number of para-hydroxylation sites is 1. The third kappa shape index (κ3) is 6.18. The Morgan fingerprint density at radius 3 is 2.24 bits per heavy atom. The molecule has 3 aliphatic heterocycles. The largest absolute Gasteiger partial charge is 0.490 e. The van der Waals surface area contributed by atoms with Crippen LogP contribution in [0.4, 0.5) is 13.2 Å². The number of piperidine rings is 2. The first-order valence-corrected chi connectivity index (χ1v) is 13.9. The van der Waals surface area contributed by atoms with Crippen molar-refractivity contribution in [3.63, 3.8) is 0 Å². The number of esters is 1. The fourth-order valence-electron chi connectivity index (χ4n) is 6.06. The number of carbonyl (C=O) groups is 3. The number of primary amides is 1. The summed E-state index contributed by atoms with van der Waals surface area (Å²) in [6, 6.07) is 11.6. The molecule has 0 bridgehead atoms. The average molecular weight is 590 g/mol. The smallest absolute Gasteiger partial charge is 0.449 e. The molecule has 12 heteroatoms. The van der Waals surface area contributed by atoms with Crippen molar-refractivity contribution in [3.05, 3.63) is 59.2 Å². The van der Waals surface area contributed by atoms with E-state index in [1.807, 2.05) is 26.0 Å². The number of benzene rings is 2. The van der Waals surface area contributed by atoms with E-state index in [0.29, 0.717) is 13.1 Å². The maximum atomic E-state index is 13.5. The van der Waals surface area contributed by atoms with Crippen LogP contribution in [-0.4, -0.2) is 65.7 Å². The van der Waals surface area contributed by atoms with Crippen molar-refractivity contribution in [1.82, 2.24) is 9.80 Å². The minimum atomic E-state index is -5.32. The molecule has 2 aromatic rings. The molecule has 1 spiro atoms. The van der Waals surface area contributed by atoms with Crippen LogP contribution in [0.1, 0.15) is 67.1 Å². The van der Waals surface area contributed by atoms with Crippen molar-refractivity contribution in [3.8, 4) is 11.5 Å². The highest BCUT2D eigenvalue weighted by molar-refractivity contribution is 5.98. The summed E-state index contributed by atoms with van der Waals surface area (Å²) in [6.45, 7) is 7.24. The number of nitrogens with two attached hydrogens (primary N) is 1. The summed E-state index contributed by atoms with van der Waals surface area (Å²) in [6.07, 6.45) is -3.86. The molecule has 5 rings (SSSR count). The Morgan fingerprint density at radius 1 is 0.952 bits per heavy atom. The van der Waals surface area contributed by atoms with Crippen molar-refractivity contribution in [2.75, 3.05) is 26.2 Å². The maximum absolute atomic E-state index is 13.5. The topological polar surface area (TPSA) is 111 Å². The van der Waals surface area contributed by atoms with Gasteiger partial charge in [-0.15, -0.1) is 0 Å². The quantitative estimate of drug-likeness (QED) is 0.499. The summed E-state index contributed by atoms with van der Waals surface area (Å²) >= 11 is 0. The summed E-state index contributed by atoms with van der Waals surface area (Å²) in [4.78, 5) is 40.9. The Balaban J connectivity index is 1.20.